The lowest BCUT2D eigenvalue weighted by atomic mass is 10.1. The van der Waals surface area contributed by atoms with Crippen LogP contribution in [0.15, 0.2) is 109 Å². The van der Waals surface area contributed by atoms with Crippen LogP contribution in [0.25, 0.3) is 0 Å². The van der Waals surface area contributed by atoms with Gasteiger partial charge < -0.3 is 14.2 Å². The average Bonchev–Trinajstić information content (AvgIpc) is 3.21. The summed E-state index contributed by atoms with van der Waals surface area (Å²) < 4.78 is 16.6. The van der Waals surface area contributed by atoms with E-state index in [-0.39, 0.29) is 37.5 Å². The van der Waals surface area contributed by atoms with Crippen molar-refractivity contribution in [3.63, 3.8) is 0 Å². The number of hydrogen-bond acceptors (Lipinski definition) is 6. The van der Waals surface area contributed by atoms with Crippen LogP contribution in [0.1, 0.15) is 175 Å². The van der Waals surface area contributed by atoms with Crippen LogP contribution in [-0.4, -0.2) is 37.2 Å². The third kappa shape index (κ3) is 43.0. The number of carbonyl (C=O) groups is 3. The normalized spacial score (nSPS) is 13.1. The maximum atomic E-state index is 12.7. The van der Waals surface area contributed by atoms with Crippen LogP contribution in [0.2, 0.25) is 0 Å². The van der Waals surface area contributed by atoms with E-state index in [4.69, 9.17) is 14.2 Å². The summed E-state index contributed by atoms with van der Waals surface area (Å²) in [7, 11) is 0. The second kappa shape index (κ2) is 44.8. The summed E-state index contributed by atoms with van der Waals surface area (Å²) in [5.74, 6) is -1.01. The Bertz CT molecular complexity index is 1230. The zero-order chi connectivity index (χ0) is 41.5. The minimum Gasteiger partial charge on any atom is -0.462 e. The summed E-state index contributed by atoms with van der Waals surface area (Å²) >= 11 is 0. The monoisotopic (exact) mass is 789 g/mol. The maximum absolute atomic E-state index is 12.7. The molecule has 1 atom stereocenters. The van der Waals surface area contributed by atoms with Gasteiger partial charge in [-0.2, -0.15) is 0 Å². The predicted octanol–water partition coefficient (Wildman–Crippen LogP) is 14.4. The Morgan fingerprint density at radius 3 is 1.32 bits per heavy atom. The quantitative estimate of drug-likeness (QED) is 0.0204. The lowest BCUT2D eigenvalue weighted by molar-refractivity contribution is -0.167. The van der Waals surface area contributed by atoms with E-state index < -0.39 is 6.10 Å². The molecule has 0 N–H and O–H groups in total. The van der Waals surface area contributed by atoms with Gasteiger partial charge in [-0.3, -0.25) is 14.4 Å². The first-order valence-electron chi connectivity index (χ1n) is 22.5. The van der Waals surface area contributed by atoms with Gasteiger partial charge in [0.2, 0.25) is 0 Å². The van der Waals surface area contributed by atoms with Gasteiger partial charge in [-0.05, 0) is 70.6 Å². The number of unbranched alkanes of at least 4 members (excludes halogenated alkanes) is 14. The van der Waals surface area contributed by atoms with Crippen LogP contribution in [-0.2, 0) is 28.6 Å². The van der Waals surface area contributed by atoms with Crippen LogP contribution >= 0.6 is 0 Å². The molecule has 1 unspecified atom stereocenters. The Kier molecular flexibility index (Phi) is 41.7. The minimum absolute atomic E-state index is 0.109. The molecule has 0 fully saturated rings. The summed E-state index contributed by atoms with van der Waals surface area (Å²) in [6.45, 7) is 6.25. The highest BCUT2D eigenvalue weighted by atomic mass is 16.6. The van der Waals surface area contributed by atoms with Crippen LogP contribution in [0.5, 0.6) is 0 Å². The first-order valence-corrected chi connectivity index (χ1v) is 22.5. The molecule has 320 valence electrons. The van der Waals surface area contributed by atoms with Crippen molar-refractivity contribution in [1.82, 2.24) is 0 Å². The van der Waals surface area contributed by atoms with Gasteiger partial charge >= 0.3 is 17.9 Å². The van der Waals surface area contributed by atoms with Gasteiger partial charge in [-0.15, -0.1) is 0 Å². The smallest absolute Gasteiger partial charge is 0.306 e. The van der Waals surface area contributed by atoms with Crippen molar-refractivity contribution in [2.45, 2.75) is 181 Å². The van der Waals surface area contributed by atoms with Crippen LogP contribution < -0.4 is 0 Å². The summed E-state index contributed by atoms with van der Waals surface area (Å²) in [4.78, 5) is 37.7. The molecule has 0 aliphatic rings. The first-order chi connectivity index (χ1) is 28.0. The van der Waals surface area contributed by atoms with Crippen LogP contribution in [0.4, 0.5) is 0 Å². The van der Waals surface area contributed by atoms with E-state index in [0.29, 0.717) is 19.3 Å². The Labute approximate surface area is 349 Å². The van der Waals surface area contributed by atoms with Crippen molar-refractivity contribution in [2.24, 2.45) is 0 Å². The zero-order valence-corrected chi connectivity index (χ0v) is 36.3. The van der Waals surface area contributed by atoms with Gasteiger partial charge in [0.25, 0.3) is 0 Å². The van der Waals surface area contributed by atoms with E-state index >= 15 is 0 Å². The molecule has 0 aromatic carbocycles. The highest BCUT2D eigenvalue weighted by Gasteiger charge is 2.19. The molecular weight excluding hydrogens is 709 g/mol. The molecule has 0 bridgehead atoms. The summed E-state index contributed by atoms with van der Waals surface area (Å²) in [6, 6.07) is 0. The van der Waals surface area contributed by atoms with Gasteiger partial charge in [-0.1, -0.05) is 194 Å². The molecule has 0 aromatic heterocycles. The molecule has 0 rings (SSSR count). The number of allylic oxidation sites excluding steroid dienone is 18. The van der Waals surface area contributed by atoms with E-state index in [1.54, 1.807) is 0 Å². The third-order valence-corrected chi connectivity index (χ3v) is 8.93. The standard InChI is InChI=1S/C51H80O6/c1-4-7-10-13-16-19-22-24-25-26-27-28-30-32-35-38-41-44-50(53)56-47-48(46-55-49(52)43-40-37-34-31-21-18-15-12-9-6-3)57-51(54)45-42-39-36-33-29-23-20-17-14-11-8-5-2/h7-8,10-11,13,16-17,19-20,22,24-30,33,48H,4-6,9,12,14-15,18,21,23,31-32,34-47H2,1-3H3/b10-7-,11-8-,16-13-,20-17-,22-19-,25-24-,27-26+,30-28-,33-29-. The summed E-state index contributed by atoms with van der Waals surface area (Å²) in [5.41, 5.74) is 0. The molecule has 0 saturated heterocycles. The van der Waals surface area contributed by atoms with Gasteiger partial charge in [-0.25, -0.2) is 0 Å². The van der Waals surface area contributed by atoms with E-state index in [0.717, 1.165) is 83.5 Å². The Balaban J connectivity index is 4.54. The molecule has 0 aliphatic heterocycles. The van der Waals surface area contributed by atoms with Crippen molar-refractivity contribution in [2.75, 3.05) is 13.2 Å². The van der Waals surface area contributed by atoms with Crippen LogP contribution in [0.3, 0.4) is 0 Å². The van der Waals surface area contributed by atoms with E-state index in [2.05, 4.69) is 69.4 Å². The fourth-order valence-corrected chi connectivity index (χ4v) is 5.60. The van der Waals surface area contributed by atoms with E-state index in [1.165, 1.54) is 44.9 Å². The molecule has 0 aliphatic carbocycles. The minimum atomic E-state index is -0.814. The number of carbonyl (C=O) groups excluding carboxylic acids is 3. The number of ether oxygens (including phenoxy) is 3. The van der Waals surface area contributed by atoms with E-state index in [9.17, 15) is 14.4 Å². The highest BCUT2D eigenvalue weighted by Crippen LogP contribution is 2.13. The molecule has 0 spiro atoms. The van der Waals surface area contributed by atoms with Crippen molar-refractivity contribution in [3.8, 4) is 0 Å². The number of hydrogen-bond donors (Lipinski definition) is 0. The van der Waals surface area contributed by atoms with Crippen LogP contribution in [0, 0.1) is 0 Å². The predicted molar refractivity (Wildman–Crippen MR) is 242 cm³/mol. The molecule has 0 aromatic rings. The maximum Gasteiger partial charge on any atom is 0.306 e. The molecule has 6 heteroatoms. The molecule has 0 saturated carbocycles. The van der Waals surface area contributed by atoms with Crippen molar-refractivity contribution in [1.29, 1.82) is 0 Å². The Morgan fingerprint density at radius 1 is 0.386 bits per heavy atom. The van der Waals surface area contributed by atoms with Gasteiger partial charge in [0, 0.05) is 19.3 Å². The molecule has 0 heterocycles. The lowest BCUT2D eigenvalue weighted by Crippen LogP contribution is -2.30. The molecular formula is C51H80O6. The number of rotatable bonds is 38. The van der Waals surface area contributed by atoms with Crippen molar-refractivity contribution < 1.29 is 28.6 Å². The largest absolute Gasteiger partial charge is 0.462 e. The Morgan fingerprint density at radius 2 is 0.772 bits per heavy atom. The summed E-state index contributed by atoms with van der Waals surface area (Å²) in [5, 5.41) is 0. The molecule has 6 nitrogen and oxygen atoms in total. The topological polar surface area (TPSA) is 78.9 Å². The second-order valence-electron chi connectivity index (χ2n) is 14.4. The first kappa shape index (κ1) is 53.1. The molecule has 57 heavy (non-hydrogen) atoms. The van der Waals surface area contributed by atoms with Gasteiger partial charge in [0.15, 0.2) is 6.10 Å². The fraction of sp³-hybridized carbons (Fsp3) is 0.588. The second-order valence-corrected chi connectivity index (χ2v) is 14.4. The van der Waals surface area contributed by atoms with Crippen molar-refractivity contribution >= 4 is 17.9 Å². The number of esters is 3. The lowest BCUT2D eigenvalue weighted by Gasteiger charge is -2.18. The van der Waals surface area contributed by atoms with Gasteiger partial charge in [0.05, 0.1) is 0 Å². The SMILES string of the molecule is CC\C=C/C=C\C=C/C=C\C=C\C=C/CCCCCC(=O)OCC(COC(=O)CCCCCCCCCCCC)OC(=O)CCCC/C=C\C/C=C\C/C=C\CC. The average molecular weight is 789 g/mol. The van der Waals surface area contributed by atoms with E-state index in [1.807, 2.05) is 60.8 Å². The zero-order valence-electron chi connectivity index (χ0n) is 36.3. The fourth-order valence-electron chi connectivity index (χ4n) is 5.60. The summed E-state index contributed by atoms with van der Waals surface area (Å²) in [6.07, 6.45) is 59.3. The molecule has 0 radical (unpaired) electrons. The highest BCUT2D eigenvalue weighted by molar-refractivity contribution is 5.71. The molecule has 0 amide bonds. The third-order valence-electron chi connectivity index (χ3n) is 8.93. The van der Waals surface area contributed by atoms with Gasteiger partial charge in [0.1, 0.15) is 13.2 Å². The van der Waals surface area contributed by atoms with Crippen molar-refractivity contribution in [3.05, 3.63) is 109 Å². The Hall–Kier alpha value is -3.93.